The molecule has 1 saturated heterocycles. The van der Waals surface area contributed by atoms with Gasteiger partial charge in [-0.15, -0.1) is 0 Å². The summed E-state index contributed by atoms with van der Waals surface area (Å²) in [5.74, 6) is 0.662. The summed E-state index contributed by atoms with van der Waals surface area (Å²) in [7, 11) is 0. The minimum absolute atomic E-state index is 0.0310. The van der Waals surface area contributed by atoms with E-state index in [2.05, 4.69) is 37.9 Å². The Kier molecular flexibility index (Phi) is 5.92. The molecule has 0 aromatic heterocycles. The highest BCUT2D eigenvalue weighted by atomic mass is 16.2. The molecule has 0 radical (unpaired) electrons. The van der Waals surface area contributed by atoms with Crippen LogP contribution in [0.5, 0.6) is 0 Å². The van der Waals surface area contributed by atoms with E-state index in [1.807, 2.05) is 4.90 Å². The lowest BCUT2D eigenvalue weighted by atomic mass is 10.1. The maximum absolute atomic E-state index is 12.0. The average Bonchev–Trinajstić information content (AvgIpc) is 2.66. The topological polar surface area (TPSA) is 35.6 Å². The SMILES string of the molecule is CCN(CC)CCCN1CNC(C(C)C)C1=O. The fraction of sp³-hybridized carbons (Fsp3) is 0.923. The van der Waals surface area contributed by atoms with Crippen LogP contribution in [0.15, 0.2) is 0 Å². The van der Waals surface area contributed by atoms with Gasteiger partial charge in [0, 0.05) is 6.54 Å². The van der Waals surface area contributed by atoms with Crippen molar-refractivity contribution in [3.63, 3.8) is 0 Å². The highest BCUT2D eigenvalue weighted by molar-refractivity contribution is 5.83. The molecule has 0 bridgehead atoms. The van der Waals surface area contributed by atoms with Gasteiger partial charge in [0.25, 0.3) is 0 Å². The van der Waals surface area contributed by atoms with E-state index in [1.165, 1.54) is 0 Å². The van der Waals surface area contributed by atoms with Crippen molar-refractivity contribution in [2.75, 3.05) is 32.8 Å². The van der Waals surface area contributed by atoms with Crippen LogP contribution in [0, 0.1) is 5.92 Å². The van der Waals surface area contributed by atoms with Crippen molar-refractivity contribution in [2.45, 2.75) is 40.2 Å². The number of carbonyl (C=O) groups excluding carboxylic acids is 1. The minimum atomic E-state index is 0.0310. The summed E-state index contributed by atoms with van der Waals surface area (Å²) in [5.41, 5.74) is 0. The number of carbonyl (C=O) groups is 1. The van der Waals surface area contributed by atoms with Crippen LogP contribution in [0.25, 0.3) is 0 Å². The van der Waals surface area contributed by atoms with E-state index in [9.17, 15) is 4.79 Å². The van der Waals surface area contributed by atoms with Gasteiger partial charge < -0.3 is 9.80 Å². The Labute approximate surface area is 105 Å². The summed E-state index contributed by atoms with van der Waals surface area (Å²) in [6, 6.07) is 0.0310. The maximum atomic E-state index is 12.0. The summed E-state index contributed by atoms with van der Waals surface area (Å²) in [4.78, 5) is 16.4. The molecule has 1 aliphatic rings. The lowest BCUT2D eigenvalue weighted by Gasteiger charge is -2.21. The van der Waals surface area contributed by atoms with Crippen molar-refractivity contribution < 1.29 is 4.79 Å². The molecular formula is C13H27N3O. The van der Waals surface area contributed by atoms with Crippen LogP contribution in [-0.2, 0) is 4.79 Å². The van der Waals surface area contributed by atoms with Crippen LogP contribution in [-0.4, -0.2) is 54.6 Å². The second-order valence-electron chi connectivity index (χ2n) is 5.07. The first-order chi connectivity index (χ1) is 8.10. The number of amides is 1. The first-order valence-corrected chi connectivity index (χ1v) is 6.84. The minimum Gasteiger partial charge on any atom is -0.328 e. The third kappa shape index (κ3) is 3.96. The van der Waals surface area contributed by atoms with Gasteiger partial charge in [-0.25, -0.2) is 0 Å². The summed E-state index contributed by atoms with van der Waals surface area (Å²) in [5, 5.41) is 3.28. The van der Waals surface area contributed by atoms with Gasteiger partial charge in [0.2, 0.25) is 5.91 Å². The van der Waals surface area contributed by atoms with Gasteiger partial charge in [0.1, 0.15) is 0 Å². The Balaban J connectivity index is 2.27. The van der Waals surface area contributed by atoms with Gasteiger partial charge in [-0.3, -0.25) is 10.1 Å². The van der Waals surface area contributed by atoms with Crippen LogP contribution in [0.2, 0.25) is 0 Å². The van der Waals surface area contributed by atoms with Gasteiger partial charge in [0.05, 0.1) is 12.7 Å². The van der Waals surface area contributed by atoms with Gasteiger partial charge in [0.15, 0.2) is 0 Å². The first-order valence-electron chi connectivity index (χ1n) is 6.84. The van der Waals surface area contributed by atoms with Gasteiger partial charge in [-0.1, -0.05) is 27.7 Å². The second-order valence-corrected chi connectivity index (χ2v) is 5.07. The summed E-state index contributed by atoms with van der Waals surface area (Å²) >= 11 is 0. The molecule has 1 atom stereocenters. The van der Waals surface area contributed by atoms with Crippen molar-refractivity contribution in [1.82, 2.24) is 15.1 Å². The van der Waals surface area contributed by atoms with Crippen molar-refractivity contribution >= 4 is 5.91 Å². The standard InChI is InChI=1S/C13H27N3O/c1-5-15(6-2)8-7-9-16-10-14-12(11(3)4)13(16)17/h11-12,14H,5-10H2,1-4H3. The number of nitrogens with one attached hydrogen (secondary N) is 1. The molecule has 0 aromatic rings. The van der Waals surface area contributed by atoms with Gasteiger partial charge in [-0.05, 0) is 32.0 Å². The van der Waals surface area contributed by atoms with Crippen molar-refractivity contribution in [3.05, 3.63) is 0 Å². The monoisotopic (exact) mass is 241 g/mol. The second kappa shape index (κ2) is 6.97. The molecule has 1 N–H and O–H groups in total. The van der Waals surface area contributed by atoms with Gasteiger partial charge in [-0.2, -0.15) is 0 Å². The third-order valence-corrected chi connectivity index (χ3v) is 3.54. The smallest absolute Gasteiger partial charge is 0.241 e. The van der Waals surface area contributed by atoms with Crippen molar-refractivity contribution in [3.8, 4) is 0 Å². The highest BCUT2D eigenvalue weighted by Gasteiger charge is 2.32. The molecule has 1 heterocycles. The van der Waals surface area contributed by atoms with Crippen LogP contribution in [0.4, 0.5) is 0 Å². The molecule has 1 rings (SSSR count). The summed E-state index contributed by atoms with van der Waals surface area (Å²) < 4.78 is 0. The number of hydrogen-bond donors (Lipinski definition) is 1. The summed E-state index contributed by atoms with van der Waals surface area (Å²) in [6.45, 7) is 13.4. The average molecular weight is 241 g/mol. The van der Waals surface area contributed by atoms with Crippen LogP contribution in [0.3, 0.4) is 0 Å². The van der Waals surface area contributed by atoms with Gasteiger partial charge >= 0.3 is 0 Å². The van der Waals surface area contributed by atoms with E-state index in [0.29, 0.717) is 5.92 Å². The Morgan fingerprint density at radius 3 is 2.53 bits per heavy atom. The molecule has 1 aliphatic heterocycles. The van der Waals surface area contributed by atoms with Crippen LogP contribution >= 0.6 is 0 Å². The molecule has 4 heteroatoms. The quantitative estimate of drug-likeness (QED) is 0.726. The zero-order chi connectivity index (χ0) is 12.8. The zero-order valence-electron chi connectivity index (χ0n) is 11.7. The molecule has 0 saturated carbocycles. The summed E-state index contributed by atoms with van der Waals surface area (Å²) in [6.07, 6.45) is 1.07. The number of nitrogens with zero attached hydrogens (tertiary/aromatic N) is 2. The molecule has 1 unspecified atom stereocenters. The zero-order valence-corrected chi connectivity index (χ0v) is 11.7. The number of hydrogen-bond acceptors (Lipinski definition) is 3. The fourth-order valence-electron chi connectivity index (χ4n) is 2.31. The lowest BCUT2D eigenvalue weighted by molar-refractivity contribution is -0.129. The predicted molar refractivity (Wildman–Crippen MR) is 70.7 cm³/mol. The Bertz CT molecular complexity index is 239. The van der Waals surface area contributed by atoms with E-state index in [4.69, 9.17) is 0 Å². The Morgan fingerprint density at radius 2 is 2.06 bits per heavy atom. The lowest BCUT2D eigenvalue weighted by Crippen LogP contribution is -2.35. The van der Waals surface area contributed by atoms with Crippen LogP contribution < -0.4 is 5.32 Å². The number of rotatable bonds is 7. The third-order valence-electron chi connectivity index (χ3n) is 3.54. The largest absolute Gasteiger partial charge is 0.328 e. The van der Waals surface area contributed by atoms with Crippen molar-refractivity contribution in [1.29, 1.82) is 0 Å². The van der Waals surface area contributed by atoms with E-state index < -0.39 is 0 Å². The van der Waals surface area contributed by atoms with E-state index in [1.54, 1.807) is 0 Å². The molecule has 0 spiro atoms. The van der Waals surface area contributed by atoms with E-state index >= 15 is 0 Å². The molecular weight excluding hydrogens is 214 g/mol. The predicted octanol–water partition coefficient (Wildman–Crippen LogP) is 1.13. The molecule has 17 heavy (non-hydrogen) atoms. The Morgan fingerprint density at radius 1 is 1.41 bits per heavy atom. The molecule has 0 aliphatic carbocycles. The molecule has 4 nitrogen and oxygen atoms in total. The Hall–Kier alpha value is -0.610. The molecule has 1 amide bonds. The van der Waals surface area contributed by atoms with Crippen LogP contribution in [0.1, 0.15) is 34.1 Å². The molecule has 100 valence electrons. The normalized spacial score (nSPS) is 20.9. The first kappa shape index (κ1) is 14.5. The molecule has 1 fully saturated rings. The van der Waals surface area contributed by atoms with E-state index in [0.717, 1.165) is 39.3 Å². The van der Waals surface area contributed by atoms with Crippen molar-refractivity contribution in [2.24, 2.45) is 5.92 Å². The molecule has 0 aromatic carbocycles. The fourth-order valence-corrected chi connectivity index (χ4v) is 2.31. The van der Waals surface area contributed by atoms with E-state index in [-0.39, 0.29) is 11.9 Å². The maximum Gasteiger partial charge on any atom is 0.241 e. The highest BCUT2D eigenvalue weighted by Crippen LogP contribution is 2.12.